The molecule has 0 amide bonds. The van der Waals surface area contributed by atoms with E-state index in [-0.39, 0.29) is 0 Å². The molecule has 1 heterocycles. The summed E-state index contributed by atoms with van der Waals surface area (Å²) in [5.74, 6) is 0. The van der Waals surface area contributed by atoms with Gasteiger partial charge in [0.2, 0.25) is 0 Å². The maximum absolute atomic E-state index is 6.32. The summed E-state index contributed by atoms with van der Waals surface area (Å²) < 4.78 is 6.32. The fourth-order valence-electron chi connectivity index (χ4n) is 11.7. The molecule has 312 valence electrons. The van der Waals surface area contributed by atoms with Gasteiger partial charge >= 0.3 is 0 Å². The minimum atomic E-state index is -0.446. The molecule has 2 heteroatoms. The van der Waals surface area contributed by atoms with E-state index in [9.17, 15) is 0 Å². The Morgan fingerprint density at radius 2 is 0.746 bits per heavy atom. The molecule has 12 aromatic rings. The van der Waals surface area contributed by atoms with Crippen molar-refractivity contribution in [3.05, 3.63) is 271 Å². The van der Waals surface area contributed by atoms with E-state index < -0.39 is 5.41 Å². The molecule has 2 aliphatic carbocycles. The molecule has 0 fully saturated rings. The lowest BCUT2D eigenvalue weighted by Crippen LogP contribution is -2.26. The number of fused-ring (bicyclic) bond motifs is 14. The maximum Gasteiger partial charge on any atom is 0.136 e. The SMILES string of the molecule is c1ccc2c(c1)-c1ccccc1C21c2ccccc2-c2c(N(c3ccc(-c4ccc(-c5cccc6ccccc56)cc4)cc3)c3ccc(-c4cccc5oc6ccccc6c45)cc3)cccc21. The van der Waals surface area contributed by atoms with Crippen molar-refractivity contribution >= 4 is 49.8 Å². The molecular weight excluding hydrogens is 811 g/mol. The largest absolute Gasteiger partial charge is 0.456 e. The lowest BCUT2D eigenvalue weighted by atomic mass is 9.70. The average Bonchev–Trinajstić information content (AvgIpc) is 4.04. The second-order valence-electron chi connectivity index (χ2n) is 17.9. The van der Waals surface area contributed by atoms with Crippen LogP contribution in [-0.2, 0) is 5.41 Å². The lowest BCUT2D eigenvalue weighted by Gasteiger charge is -2.32. The van der Waals surface area contributed by atoms with Gasteiger partial charge in [0.25, 0.3) is 0 Å². The van der Waals surface area contributed by atoms with Crippen molar-refractivity contribution in [3.63, 3.8) is 0 Å². The van der Waals surface area contributed by atoms with Gasteiger partial charge in [0.15, 0.2) is 0 Å². The molecule has 11 aromatic carbocycles. The Labute approximate surface area is 389 Å². The Bertz CT molecular complexity index is 3860. The maximum atomic E-state index is 6.32. The van der Waals surface area contributed by atoms with Crippen molar-refractivity contribution in [2.24, 2.45) is 0 Å². The second-order valence-corrected chi connectivity index (χ2v) is 17.9. The third-order valence-corrected chi connectivity index (χ3v) is 14.5. The van der Waals surface area contributed by atoms with Crippen LogP contribution >= 0.6 is 0 Å². The number of hydrogen-bond donors (Lipinski definition) is 0. The number of nitrogens with zero attached hydrogens (tertiary/aromatic N) is 1. The molecule has 0 aliphatic heterocycles. The number of rotatable bonds is 6. The zero-order chi connectivity index (χ0) is 44.1. The fraction of sp³-hybridized carbons (Fsp3) is 0.0154. The van der Waals surface area contributed by atoms with Crippen molar-refractivity contribution in [1.82, 2.24) is 0 Å². The quantitative estimate of drug-likeness (QED) is 0.166. The van der Waals surface area contributed by atoms with E-state index in [0.29, 0.717) is 0 Å². The van der Waals surface area contributed by atoms with E-state index in [1.54, 1.807) is 0 Å². The predicted molar refractivity (Wildman–Crippen MR) is 279 cm³/mol. The van der Waals surface area contributed by atoms with Crippen molar-refractivity contribution in [2.45, 2.75) is 5.41 Å². The van der Waals surface area contributed by atoms with Crippen LogP contribution in [0.1, 0.15) is 22.3 Å². The van der Waals surface area contributed by atoms with Gasteiger partial charge in [-0.3, -0.25) is 0 Å². The van der Waals surface area contributed by atoms with E-state index in [4.69, 9.17) is 4.42 Å². The summed E-state index contributed by atoms with van der Waals surface area (Å²) in [5.41, 5.74) is 22.3. The van der Waals surface area contributed by atoms with Crippen molar-refractivity contribution in [3.8, 4) is 55.6 Å². The molecule has 0 saturated heterocycles. The van der Waals surface area contributed by atoms with Gasteiger partial charge in [-0.05, 0) is 126 Å². The van der Waals surface area contributed by atoms with E-state index >= 15 is 0 Å². The van der Waals surface area contributed by atoms with Gasteiger partial charge in [-0.25, -0.2) is 0 Å². The van der Waals surface area contributed by atoms with Crippen LogP contribution in [0.25, 0.3) is 88.3 Å². The van der Waals surface area contributed by atoms with Crippen LogP contribution in [-0.4, -0.2) is 0 Å². The molecule has 0 atom stereocenters. The first kappa shape index (κ1) is 37.6. The number of benzene rings is 11. The standard InChI is InChI=1S/C65H41NO/c1-2-16-49-44(14-1)15-11-21-50(49)45-32-30-42(31-33-45)43-34-38-47(39-35-43)66(48-40-36-46(37-41-48)51-22-12-29-62-63(51)55-20-6-10-28-61(55)67-62)60-27-13-26-59-64(60)54-19-5-9-25-58(54)65(59)56-23-7-3-17-52(56)53-18-4-8-24-57(53)65/h1-41H. The minimum absolute atomic E-state index is 0.446. The van der Waals surface area contributed by atoms with E-state index in [2.05, 4.69) is 248 Å². The van der Waals surface area contributed by atoms with Gasteiger partial charge in [-0.1, -0.05) is 206 Å². The number of para-hydroxylation sites is 1. The third-order valence-electron chi connectivity index (χ3n) is 14.5. The predicted octanol–water partition coefficient (Wildman–Crippen LogP) is 17.6. The van der Waals surface area contributed by atoms with Crippen LogP contribution in [0.5, 0.6) is 0 Å². The summed E-state index contributed by atoms with van der Waals surface area (Å²) in [5, 5.41) is 4.79. The molecule has 2 nitrogen and oxygen atoms in total. The Balaban J connectivity index is 0.931. The highest BCUT2D eigenvalue weighted by atomic mass is 16.3. The summed E-state index contributed by atoms with van der Waals surface area (Å²) in [6.45, 7) is 0. The second kappa shape index (κ2) is 14.7. The molecule has 67 heavy (non-hydrogen) atoms. The topological polar surface area (TPSA) is 16.4 Å². The van der Waals surface area contributed by atoms with Gasteiger partial charge in [0, 0.05) is 27.7 Å². The molecule has 0 unspecified atom stereocenters. The monoisotopic (exact) mass is 851 g/mol. The summed E-state index contributed by atoms with van der Waals surface area (Å²) in [4.78, 5) is 2.46. The van der Waals surface area contributed by atoms with Gasteiger partial charge < -0.3 is 9.32 Å². The van der Waals surface area contributed by atoms with E-state index in [0.717, 1.165) is 50.1 Å². The summed E-state index contributed by atoms with van der Waals surface area (Å²) in [6.07, 6.45) is 0. The third kappa shape index (κ3) is 5.51. The molecule has 1 spiro atoms. The Morgan fingerprint density at radius 3 is 1.46 bits per heavy atom. The lowest BCUT2D eigenvalue weighted by molar-refractivity contribution is 0.669. The van der Waals surface area contributed by atoms with E-state index in [1.807, 2.05) is 6.07 Å². The summed E-state index contributed by atoms with van der Waals surface area (Å²) in [6, 6.07) is 91.3. The van der Waals surface area contributed by atoms with Crippen LogP contribution in [0.15, 0.2) is 253 Å². The van der Waals surface area contributed by atoms with Gasteiger partial charge in [-0.2, -0.15) is 0 Å². The number of anilines is 3. The first-order chi connectivity index (χ1) is 33.2. The summed E-state index contributed by atoms with van der Waals surface area (Å²) >= 11 is 0. The normalized spacial score (nSPS) is 12.9. The van der Waals surface area contributed by atoms with Crippen molar-refractivity contribution in [1.29, 1.82) is 0 Å². The minimum Gasteiger partial charge on any atom is -0.456 e. The number of furan rings is 1. The summed E-state index contributed by atoms with van der Waals surface area (Å²) in [7, 11) is 0. The van der Waals surface area contributed by atoms with E-state index in [1.165, 1.54) is 77.5 Å². The zero-order valence-electron chi connectivity index (χ0n) is 36.5. The molecule has 0 N–H and O–H groups in total. The van der Waals surface area contributed by atoms with Gasteiger partial charge in [0.05, 0.1) is 11.1 Å². The average molecular weight is 852 g/mol. The molecular formula is C65H41NO. The first-order valence-electron chi connectivity index (χ1n) is 23.2. The molecule has 14 rings (SSSR count). The Morgan fingerprint density at radius 1 is 0.299 bits per heavy atom. The van der Waals surface area contributed by atoms with Crippen LogP contribution in [0.3, 0.4) is 0 Å². The van der Waals surface area contributed by atoms with Gasteiger partial charge in [0.1, 0.15) is 11.2 Å². The molecule has 0 saturated carbocycles. The highest BCUT2D eigenvalue weighted by Crippen LogP contribution is 2.64. The highest BCUT2D eigenvalue weighted by molar-refractivity contribution is 6.12. The molecule has 0 radical (unpaired) electrons. The molecule has 2 aliphatic rings. The Hall–Kier alpha value is -8.72. The van der Waals surface area contributed by atoms with Crippen molar-refractivity contribution in [2.75, 3.05) is 4.90 Å². The number of hydrogen-bond acceptors (Lipinski definition) is 2. The van der Waals surface area contributed by atoms with Crippen LogP contribution < -0.4 is 4.90 Å². The Kier molecular flexibility index (Phi) is 8.23. The first-order valence-corrected chi connectivity index (χ1v) is 23.2. The van der Waals surface area contributed by atoms with Crippen molar-refractivity contribution < 1.29 is 4.42 Å². The molecule has 1 aromatic heterocycles. The fourth-order valence-corrected chi connectivity index (χ4v) is 11.7. The zero-order valence-corrected chi connectivity index (χ0v) is 36.5. The van der Waals surface area contributed by atoms with Crippen LogP contribution in [0.2, 0.25) is 0 Å². The van der Waals surface area contributed by atoms with Crippen LogP contribution in [0, 0.1) is 0 Å². The molecule has 0 bridgehead atoms. The smallest absolute Gasteiger partial charge is 0.136 e. The van der Waals surface area contributed by atoms with Gasteiger partial charge in [-0.15, -0.1) is 0 Å². The highest BCUT2D eigenvalue weighted by Gasteiger charge is 2.52. The van der Waals surface area contributed by atoms with Crippen LogP contribution in [0.4, 0.5) is 17.1 Å².